The first-order valence-corrected chi connectivity index (χ1v) is 9.13. The van der Waals surface area contributed by atoms with Crippen LogP contribution >= 0.6 is 28.1 Å². The van der Waals surface area contributed by atoms with Crippen LogP contribution in [-0.2, 0) is 6.54 Å². The molecule has 0 aliphatic heterocycles. The van der Waals surface area contributed by atoms with Crippen molar-refractivity contribution in [2.24, 2.45) is 0 Å². The number of imidazole rings is 1. The van der Waals surface area contributed by atoms with Crippen LogP contribution < -0.4 is 10.6 Å². The van der Waals surface area contributed by atoms with Gasteiger partial charge in [0.1, 0.15) is 5.82 Å². The minimum absolute atomic E-state index is 0.608. The summed E-state index contributed by atoms with van der Waals surface area (Å²) in [6, 6.07) is 14.4. The zero-order valence-electron chi connectivity index (χ0n) is 14.1. The van der Waals surface area contributed by atoms with Gasteiger partial charge in [0.15, 0.2) is 5.11 Å². The van der Waals surface area contributed by atoms with E-state index in [0.717, 1.165) is 32.8 Å². The summed E-state index contributed by atoms with van der Waals surface area (Å²) in [6.07, 6.45) is 3.76. The van der Waals surface area contributed by atoms with Gasteiger partial charge in [-0.3, -0.25) is 0 Å². The largest absolute Gasteiger partial charge is 0.358 e. The smallest absolute Gasteiger partial charge is 0.171 e. The highest BCUT2D eigenvalue weighted by atomic mass is 79.9. The van der Waals surface area contributed by atoms with Crippen molar-refractivity contribution in [3.05, 3.63) is 76.3 Å². The van der Waals surface area contributed by atoms with Crippen molar-refractivity contribution in [2.75, 3.05) is 5.32 Å². The molecule has 0 aliphatic carbocycles. The van der Waals surface area contributed by atoms with E-state index in [1.807, 2.05) is 25.3 Å². The lowest BCUT2D eigenvalue weighted by Crippen LogP contribution is -2.27. The zero-order valence-corrected chi connectivity index (χ0v) is 16.5. The summed E-state index contributed by atoms with van der Waals surface area (Å²) in [7, 11) is 0. The highest BCUT2D eigenvalue weighted by molar-refractivity contribution is 9.10. The average Bonchev–Trinajstić information content (AvgIpc) is 3.03. The summed E-state index contributed by atoms with van der Waals surface area (Å²) in [5.41, 5.74) is 4.41. The number of nitrogens with zero attached hydrogens (tertiary/aromatic N) is 2. The molecule has 0 radical (unpaired) electrons. The molecule has 0 bridgehead atoms. The van der Waals surface area contributed by atoms with Gasteiger partial charge in [0.2, 0.25) is 0 Å². The van der Waals surface area contributed by atoms with Crippen LogP contribution in [0.15, 0.2) is 59.3 Å². The molecule has 0 fully saturated rings. The minimum atomic E-state index is 0.608. The van der Waals surface area contributed by atoms with Crippen molar-refractivity contribution in [1.82, 2.24) is 14.9 Å². The number of anilines is 1. The number of nitrogens with one attached hydrogen (secondary N) is 2. The second-order valence-corrected chi connectivity index (χ2v) is 7.05. The molecular formula is C19H19BrN4S. The zero-order chi connectivity index (χ0) is 17.8. The molecule has 0 saturated carbocycles. The topological polar surface area (TPSA) is 41.9 Å². The average molecular weight is 415 g/mol. The van der Waals surface area contributed by atoms with E-state index in [9.17, 15) is 0 Å². The molecule has 0 spiro atoms. The number of hydrogen-bond donors (Lipinski definition) is 2. The van der Waals surface area contributed by atoms with Gasteiger partial charge in [-0.25, -0.2) is 4.98 Å². The number of benzene rings is 2. The van der Waals surface area contributed by atoms with Crippen molar-refractivity contribution in [3.63, 3.8) is 0 Å². The molecule has 0 atom stereocenters. The molecule has 2 N–H and O–H groups in total. The predicted molar refractivity (Wildman–Crippen MR) is 110 cm³/mol. The van der Waals surface area contributed by atoms with E-state index < -0.39 is 0 Å². The van der Waals surface area contributed by atoms with Gasteiger partial charge in [-0.05, 0) is 67.5 Å². The second kappa shape index (κ2) is 7.80. The Hall–Kier alpha value is -2.18. The molecule has 0 amide bonds. The van der Waals surface area contributed by atoms with Gasteiger partial charge >= 0.3 is 0 Å². The Labute approximate surface area is 161 Å². The maximum absolute atomic E-state index is 5.37. The number of rotatable bonds is 4. The first-order valence-electron chi connectivity index (χ1n) is 7.93. The Balaban J connectivity index is 1.57. The number of hydrogen-bond acceptors (Lipinski definition) is 2. The van der Waals surface area contributed by atoms with Crippen molar-refractivity contribution >= 4 is 38.9 Å². The third kappa shape index (κ3) is 4.46. The number of thiocarbonyl (C=S) groups is 1. The van der Waals surface area contributed by atoms with Crippen LogP contribution in [0, 0.1) is 13.8 Å². The lowest BCUT2D eigenvalue weighted by atomic mass is 10.2. The van der Waals surface area contributed by atoms with Crippen LogP contribution in [0.4, 0.5) is 5.69 Å². The van der Waals surface area contributed by atoms with Crippen LogP contribution in [0.5, 0.6) is 0 Å². The molecule has 4 nitrogen and oxygen atoms in total. The van der Waals surface area contributed by atoms with Gasteiger partial charge in [-0.2, -0.15) is 0 Å². The monoisotopic (exact) mass is 414 g/mol. The van der Waals surface area contributed by atoms with Gasteiger partial charge in [-0.1, -0.05) is 28.1 Å². The summed E-state index contributed by atoms with van der Waals surface area (Å²) in [5, 5.41) is 7.05. The Morgan fingerprint density at radius 2 is 1.92 bits per heavy atom. The van der Waals surface area contributed by atoms with E-state index in [4.69, 9.17) is 12.2 Å². The molecule has 0 unspecified atom stereocenters. The Morgan fingerprint density at radius 3 is 2.56 bits per heavy atom. The maximum atomic E-state index is 5.37. The van der Waals surface area contributed by atoms with E-state index in [-0.39, 0.29) is 0 Å². The minimum Gasteiger partial charge on any atom is -0.358 e. The Morgan fingerprint density at radius 1 is 1.16 bits per heavy atom. The lowest BCUT2D eigenvalue weighted by molar-refractivity contribution is 0.920. The molecule has 0 saturated heterocycles. The first-order chi connectivity index (χ1) is 12.0. The van der Waals surface area contributed by atoms with Crippen molar-refractivity contribution < 1.29 is 0 Å². The molecule has 3 aromatic rings. The number of aryl methyl sites for hydroxylation is 2. The standard InChI is InChI=1S/C19H19BrN4S/c1-13-11-16(5-8-18(13)20)23-19(25)22-12-15-3-6-17(7-4-15)24-10-9-21-14(24)2/h3-11H,12H2,1-2H3,(H2,22,23,25). The van der Waals surface area contributed by atoms with E-state index in [0.29, 0.717) is 11.7 Å². The highest BCUT2D eigenvalue weighted by Gasteiger charge is 2.03. The van der Waals surface area contributed by atoms with Crippen molar-refractivity contribution in [2.45, 2.75) is 20.4 Å². The predicted octanol–water partition coefficient (Wildman–Crippen LogP) is 4.74. The molecule has 6 heteroatoms. The van der Waals surface area contributed by atoms with E-state index >= 15 is 0 Å². The molecule has 3 rings (SSSR count). The van der Waals surface area contributed by atoms with Gasteiger partial charge in [0.05, 0.1) is 0 Å². The summed E-state index contributed by atoms with van der Waals surface area (Å²) in [4.78, 5) is 4.25. The van der Waals surface area contributed by atoms with Gasteiger partial charge < -0.3 is 15.2 Å². The normalized spacial score (nSPS) is 10.5. The molecule has 128 valence electrons. The first kappa shape index (κ1) is 17.6. The molecule has 2 aromatic carbocycles. The van der Waals surface area contributed by atoms with E-state index in [1.54, 1.807) is 6.20 Å². The van der Waals surface area contributed by atoms with Crippen LogP contribution in [-0.4, -0.2) is 14.7 Å². The van der Waals surface area contributed by atoms with Gasteiger partial charge in [0, 0.05) is 34.8 Å². The summed E-state index contributed by atoms with van der Waals surface area (Å²) < 4.78 is 3.14. The van der Waals surface area contributed by atoms with Crippen LogP contribution in [0.1, 0.15) is 17.0 Å². The SMILES string of the molecule is Cc1cc(NC(=S)NCc2ccc(-n3ccnc3C)cc2)ccc1Br. The van der Waals surface area contributed by atoms with Crippen molar-refractivity contribution in [1.29, 1.82) is 0 Å². The Kier molecular flexibility index (Phi) is 5.50. The van der Waals surface area contributed by atoms with Gasteiger partial charge in [0.25, 0.3) is 0 Å². The summed E-state index contributed by atoms with van der Waals surface area (Å²) >= 11 is 8.87. The lowest BCUT2D eigenvalue weighted by Gasteiger charge is -2.12. The maximum Gasteiger partial charge on any atom is 0.171 e. The van der Waals surface area contributed by atoms with Crippen LogP contribution in [0.3, 0.4) is 0 Å². The summed E-state index contributed by atoms with van der Waals surface area (Å²) in [6.45, 7) is 4.71. The van der Waals surface area contributed by atoms with E-state index in [1.165, 1.54) is 0 Å². The van der Waals surface area contributed by atoms with Crippen LogP contribution in [0.25, 0.3) is 5.69 Å². The fourth-order valence-electron chi connectivity index (χ4n) is 2.51. The quantitative estimate of drug-likeness (QED) is 0.605. The molecule has 25 heavy (non-hydrogen) atoms. The van der Waals surface area contributed by atoms with Crippen molar-refractivity contribution in [3.8, 4) is 5.69 Å². The second-order valence-electron chi connectivity index (χ2n) is 5.78. The fraction of sp³-hybridized carbons (Fsp3) is 0.158. The molecule has 1 heterocycles. The van der Waals surface area contributed by atoms with Crippen LogP contribution in [0.2, 0.25) is 0 Å². The third-order valence-electron chi connectivity index (χ3n) is 3.91. The van der Waals surface area contributed by atoms with E-state index in [2.05, 4.69) is 73.4 Å². The Bertz CT molecular complexity index is 887. The number of aromatic nitrogens is 2. The highest BCUT2D eigenvalue weighted by Crippen LogP contribution is 2.20. The molecule has 0 aliphatic rings. The summed E-state index contributed by atoms with van der Waals surface area (Å²) in [5.74, 6) is 0.973. The third-order valence-corrected chi connectivity index (χ3v) is 5.05. The molecular weight excluding hydrogens is 396 g/mol. The number of halogens is 1. The molecule has 1 aromatic heterocycles. The fourth-order valence-corrected chi connectivity index (χ4v) is 2.94. The van der Waals surface area contributed by atoms with Gasteiger partial charge in [-0.15, -0.1) is 0 Å².